The number of rotatable bonds is 6. The molecule has 1 aromatic carbocycles. The van der Waals surface area contributed by atoms with Crippen LogP contribution < -0.4 is 5.73 Å². The molecule has 1 saturated heterocycles. The van der Waals surface area contributed by atoms with Gasteiger partial charge in [-0.1, -0.05) is 18.2 Å². The van der Waals surface area contributed by atoms with E-state index < -0.39 is 0 Å². The second-order valence-corrected chi connectivity index (χ2v) is 10.2. The third-order valence-corrected chi connectivity index (χ3v) is 7.41. The van der Waals surface area contributed by atoms with Gasteiger partial charge >= 0.3 is 0 Å². The van der Waals surface area contributed by atoms with Crippen molar-refractivity contribution in [3.05, 3.63) is 72.6 Å². The van der Waals surface area contributed by atoms with Gasteiger partial charge < -0.3 is 10.6 Å². The van der Waals surface area contributed by atoms with E-state index in [1.807, 2.05) is 27.5 Å². The van der Waals surface area contributed by atoms with Crippen molar-refractivity contribution in [3.8, 4) is 11.1 Å². The fraction of sp³-hybridized carbons (Fsp3) is 0.321. The number of carbonyl (C=O) groups excluding carboxylic acids is 1. The minimum absolute atomic E-state index is 0.137. The number of likely N-dealkylation sites (tertiary alicyclic amines) is 1. The number of pyridine rings is 1. The Kier molecular flexibility index (Phi) is 6.24. The molecule has 1 fully saturated rings. The first-order chi connectivity index (χ1) is 18.5. The molecule has 2 N–H and O–H groups in total. The molecule has 1 aliphatic heterocycles. The quantitative estimate of drug-likeness (QED) is 0.375. The van der Waals surface area contributed by atoms with E-state index >= 15 is 0 Å². The highest BCUT2D eigenvalue weighted by atomic mass is 16.2. The average Bonchev–Trinajstić information content (AvgIpc) is 3.51. The molecule has 0 bridgehead atoms. The Hall–Kier alpha value is -4.31. The Morgan fingerprint density at radius 3 is 2.76 bits per heavy atom. The third kappa shape index (κ3) is 4.58. The van der Waals surface area contributed by atoms with Crippen molar-refractivity contribution in [1.82, 2.24) is 39.2 Å². The number of likely N-dealkylation sites (N-methyl/N-ethyl adjacent to an activating group) is 1. The zero-order valence-electron chi connectivity index (χ0n) is 21.7. The molecular weight excluding hydrogens is 478 g/mol. The van der Waals surface area contributed by atoms with Crippen molar-refractivity contribution >= 4 is 28.1 Å². The number of carbonyl (C=O) groups is 1. The van der Waals surface area contributed by atoms with E-state index in [4.69, 9.17) is 10.8 Å². The zero-order chi connectivity index (χ0) is 26.2. The molecule has 6 rings (SSSR count). The number of hydrogen-bond donors (Lipinski definition) is 1. The highest BCUT2D eigenvalue weighted by Gasteiger charge is 2.27. The summed E-state index contributed by atoms with van der Waals surface area (Å²) in [5, 5.41) is 10.5. The maximum Gasteiger partial charge on any atom is 0.236 e. The molecular formula is C28H31N9O. The van der Waals surface area contributed by atoms with Crippen LogP contribution in [0, 0.1) is 0 Å². The third-order valence-electron chi connectivity index (χ3n) is 7.41. The van der Waals surface area contributed by atoms with E-state index in [1.54, 1.807) is 25.2 Å². The molecule has 5 aromatic rings. The summed E-state index contributed by atoms with van der Waals surface area (Å²) in [6.07, 6.45) is 9.12. The lowest BCUT2D eigenvalue weighted by atomic mass is 9.93. The van der Waals surface area contributed by atoms with Crippen LogP contribution in [0.15, 0.2) is 61.3 Å². The molecule has 10 heteroatoms. The number of amides is 1. The number of anilines is 1. The molecule has 10 nitrogen and oxygen atoms in total. The van der Waals surface area contributed by atoms with Crippen LogP contribution in [0.5, 0.6) is 0 Å². The molecule has 0 unspecified atom stereocenters. The van der Waals surface area contributed by atoms with E-state index in [0.29, 0.717) is 24.8 Å². The Bertz CT molecular complexity index is 1600. The summed E-state index contributed by atoms with van der Waals surface area (Å²) >= 11 is 0. The number of piperidine rings is 1. The number of hydrogen-bond acceptors (Lipinski definition) is 7. The van der Waals surface area contributed by atoms with Crippen molar-refractivity contribution in [2.24, 2.45) is 0 Å². The Morgan fingerprint density at radius 1 is 1.16 bits per heavy atom. The van der Waals surface area contributed by atoms with Crippen LogP contribution in [-0.2, 0) is 11.3 Å². The van der Waals surface area contributed by atoms with Gasteiger partial charge in [0, 0.05) is 55.2 Å². The average molecular weight is 510 g/mol. The summed E-state index contributed by atoms with van der Waals surface area (Å²) in [4.78, 5) is 24.5. The van der Waals surface area contributed by atoms with Gasteiger partial charge in [0.25, 0.3) is 0 Å². The number of fused-ring (bicyclic) bond motifs is 2. The second-order valence-electron chi connectivity index (χ2n) is 10.2. The number of nitrogens with zero attached hydrogens (tertiary/aromatic N) is 8. The summed E-state index contributed by atoms with van der Waals surface area (Å²) in [7, 11) is 3.60. The van der Waals surface area contributed by atoms with Gasteiger partial charge in [-0.2, -0.15) is 10.2 Å². The summed E-state index contributed by atoms with van der Waals surface area (Å²) in [5.41, 5.74) is 12.4. The largest absolute Gasteiger partial charge is 0.382 e. The first kappa shape index (κ1) is 24.1. The van der Waals surface area contributed by atoms with Gasteiger partial charge in [-0.3, -0.25) is 19.4 Å². The van der Waals surface area contributed by atoms with Crippen LogP contribution >= 0.6 is 0 Å². The number of nitrogens with two attached hydrogens (primary N) is 1. The van der Waals surface area contributed by atoms with E-state index in [-0.39, 0.29) is 5.91 Å². The van der Waals surface area contributed by atoms with Crippen molar-refractivity contribution in [2.45, 2.75) is 25.3 Å². The highest BCUT2D eigenvalue weighted by molar-refractivity contribution is 5.92. The molecule has 0 spiro atoms. The number of aromatic nitrogens is 6. The summed E-state index contributed by atoms with van der Waals surface area (Å²) < 4.78 is 3.90. The normalized spacial score (nSPS) is 14.9. The lowest BCUT2D eigenvalue weighted by molar-refractivity contribution is -0.130. The van der Waals surface area contributed by atoms with Crippen LogP contribution in [0.25, 0.3) is 27.5 Å². The van der Waals surface area contributed by atoms with Gasteiger partial charge in [0.2, 0.25) is 5.91 Å². The van der Waals surface area contributed by atoms with Crippen molar-refractivity contribution in [3.63, 3.8) is 0 Å². The molecule has 4 aromatic heterocycles. The van der Waals surface area contributed by atoms with Crippen molar-refractivity contribution in [2.75, 3.05) is 39.5 Å². The molecule has 0 saturated carbocycles. The first-order valence-corrected chi connectivity index (χ1v) is 12.9. The fourth-order valence-corrected chi connectivity index (χ4v) is 5.32. The lowest BCUT2D eigenvalue weighted by Crippen LogP contribution is -2.40. The summed E-state index contributed by atoms with van der Waals surface area (Å²) in [6, 6.07) is 12.5. The molecule has 5 heterocycles. The van der Waals surface area contributed by atoms with E-state index in [2.05, 4.69) is 50.4 Å². The van der Waals surface area contributed by atoms with Crippen molar-refractivity contribution < 1.29 is 4.79 Å². The SMILES string of the molecule is CN(C)C(=O)CN1CCC(c2cc(-c3ccc4cn(Cc5cccnc5)nc4c3)c3c(N)ncnn23)CC1. The molecule has 0 radical (unpaired) electrons. The molecule has 1 aliphatic rings. The first-order valence-electron chi connectivity index (χ1n) is 12.9. The van der Waals surface area contributed by atoms with Crippen LogP contribution in [0.1, 0.15) is 30.0 Å². The minimum atomic E-state index is 0.137. The van der Waals surface area contributed by atoms with E-state index in [0.717, 1.165) is 64.7 Å². The van der Waals surface area contributed by atoms with Gasteiger partial charge in [-0.05, 0) is 55.3 Å². The molecule has 38 heavy (non-hydrogen) atoms. The van der Waals surface area contributed by atoms with Gasteiger partial charge in [0.15, 0.2) is 5.82 Å². The van der Waals surface area contributed by atoms with Gasteiger partial charge in [-0.25, -0.2) is 9.50 Å². The van der Waals surface area contributed by atoms with Gasteiger partial charge in [0.05, 0.1) is 18.6 Å². The topological polar surface area (TPSA) is 110 Å². The maximum atomic E-state index is 12.2. The Morgan fingerprint density at radius 2 is 2.00 bits per heavy atom. The molecule has 0 aliphatic carbocycles. The Labute approximate surface area is 220 Å². The maximum absolute atomic E-state index is 12.2. The van der Waals surface area contributed by atoms with Gasteiger partial charge in [-0.15, -0.1) is 0 Å². The number of nitrogen functional groups attached to an aromatic ring is 1. The van der Waals surface area contributed by atoms with Gasteiger partial charge in [0.1, 0.15) is 11.8 Å². The van der Waals surface area contributed by atoms with Crippen LogP contribution in [0.2, 0.25) is 0 Å². The lowest BCUT2D eigenvalue weighted by Gasteiger charge is -2.31. The number of benzene rings is 1. The minimum Gasteiger partial charge on any atom is -0.382 e. The Balaban J connectivity index is 1.30. The fourth-order valence-electron chi connectivity index (χ4n) is 5.32. The standard InChI is InChI=1S/C28H31N9O/c1-34(2)26(38)17-35-10-7-20(8-11-35)25-13-23(27-28(29)31-18-32-37(25)27)21-5-6-22-16-36(33-24(22)12-21)15-19-4-3-9-30-14-19/h3-6,9,12-14,16,18,20H,7-8,10-11,15,17H2,1-2H3,(H2,29,31,32). The predicted molar refractivity (Wildman–Crippen MR) is 147 cm³/mol. The second kappa shape index (κ2) is 9.86. The van der Waals surface area contributed by atoms with E-state index in [1.165, 1.54) is 6.33 Å². The highest BCUT2D eigenvalue weighted by Crippen LogP contribution is 2.37. The van der Waals surface area contributed by atoms with Crippen LogP contribution in [0.3, 0.4) is 0 Å². The molecule has 194 valence electrons. The smallest absolute Gasteiger partial charge is 0.236 e. The predicted octanol–water partition coefficient (Wildman–Crippen LogP) is 3.04. The summed E-state index contributed by atoms with van der Waals surface area (Å²) in [5.74, 6) is 0.911. The monoisotopic (exact) mass is 509 g/mol. The van der Waals surface area contributed by atoms with Crippen LogP contribution in [-0.4, -0.2) is 78.8 Å². The zero-order valence-corrected chi connectivity index (χ0v) is 21.7. The van der Waals surface area contributed by atoms with E-state index in [9.17, 15) is 4.79 Å². The van der Waals surface area contributed by atoms with Crippen LogP contribution in [0.4, 0.5) is 5.82 Å². The molecule has 0 atom stereocenters. The van der Waals surface area contributed by atoms with Crippen molar-refractivity contribution in [1.29, 1.82) is 0 Å². The summed E-state index contributed by atoms with van der Waals surface area (Å²) in [6.45, 7) is 2.86. The molecule has 1 amide bonds.